The van der Waals surface area contributed by atoms with Crippen molar-refractivity contribution in [2.24, 2.45) is 0 Å². The van der Waals surface area contributed by atoms with Crippen molar-refractivity contribution in [2.45, 2.75) is 13.5 Å². The third-order valence-corrected chi connectivity index (χ3v) is 3.17. The molecule has 118 valence electrons. The monoisotopic (exact) mass is 333 g/mol. The molecular formula is C15H13ClFN5O. The number of hydrogen-bond donors (Lipinski definition) is 1. The Morgan fingerprint density at radius 3 is 2.70 bits per heavy atom. The van der Waals surface area contributed by atoms with Gasteiger partial charge < -0.3 is 10.1 Å². The van der Waals surface area contributed by atoms with Crippen molar-refractivity contribution < 1.29 is 9.13 Å². The highest BCUT2D eigenvalue weighted by atomic mass is 35.5. The summed E-state index contributed by atoms with van der Waals surface area (Å²) in [4.78, 5) is 16.9. The molecule has 0 aliphatic carbocycles. The van der Waals surface area contributed by atoms with Crippen LogP contribution in [0.25, 0.3) is 11.2 Å². The molecule has 0 fully saturated rings. The first-order valence-electron chi connectivity index (χ1n) is 6.97. The molecule has 3 aromatic rings. The predicted molar refractivity (Wildman–Crippen MR) is 85.0 cm³/mol. The lowest BCUT2D eigenvalue weighted by molar-refractivity contribution is 0.330. The zero-order valence-corrected chi connectivity index (χ0v) is 13.0. The van der Waals surface area contributed by atoms with Gasteiger partial charge in [0.15, 0.2) is 11.2 Å². The number of rotatable bonds is 5. The van der Waals surface area contributed by atoms with Crippen LogP contribution in [0, 0.1) is 5.82 Å². The number of nitrogens with one attached hydrogen (secondary N) is 1. The van der Waals surface area contributed by atoms with Crippen LogP contribution in [0.3, 0.4) is 0 Å². The van der Waals surface area contributed by atoms with E-state index in [-0.39, 0.29) is 11.0 Å². The van der Waals surface area contributed by atoms with Crippen molar-refractivity contribution in [3.8, 4) is 5.88 Å². The van der Waals surface area contributed by atoms with E-state index in [0.717, 1.165) is 5.56 Å². The van der Waals surface area contributed by atoms with Gasteiger partial charge in [-0.2, -0.15) is 9.97 Å². The number of anilines is 1. The normalized spacial score (nSPS) is 10.7. The zero-order chi connectivity index (χ0) is 16.2. The van der Waals surface area contributed by atoms with E-state index in [1.54, 1.807) is 12.1 Å². The second kappa shape index (κ2) is 6.70. The van der Waals surface area contributed by atoms with Gasteiger partial charge in [0.1, 0.15) is 11.0 Å². The topological polar surface area (TPSA) is 72.8 Å². The number of benzene rings is 1. The maximum atomic E-state index is 12.9. The molecule has 8 heteroatoms. The van der Waals surface area contributed by atoms with E-state index in [2.05, 4.69) is 25.3 Å². The second-order valence-corrected chi connectivity index (χ2v) is 5.02. The van der Waals surface area contributed by atoms with Gasteiger partial charge in [0.05, 0.1) is 12.8 Å². The molecule has 0 atom stereocenters. The molecule has 0 saturated carbocycles. The van der Waals surface area contributed by atoms with Crippen LogP contribution in [0.2, 0.25) is 5.15 Å². The van der Waals surface area contributed by atoms with Gasteiger partial charge in [0, 0.05) is 6.54 Å². The Hall–Kier alpha value is -2.54. The van der Waals surface area contributed by atoms with Crippen LogP contribution >= 0.6 is 11.6 Å². The van der Waals surface area contributed by atoms with Crippen molar-refractivity contribution in [1.29, 1.82) is 0 Å². The highest BCUT2D eigenvalue weighted by molar-refractivity contribution is 6.29. The van der Waals surface area contributed by atoms with Gasteiger partial charge in [-0.15, -0.1) is 0 Å². The quantitative estimate of drug-likeness (QED) is 0.773. The van der Waals surface area contributed by atoms with Crippen LogP contribution in [-0.2, 0) is 6.54 Å². The molecule has 0 bridgehead atoms. The largest absolute Gasteiger partial charge is 0.476 e. The summed E-state index contributed by atoms with van der Waals surface area (Å²) in [6.07, 6.45) is 1.41. The van der Waals surface area contributed by atoms with Gasteiger partial charge >= 0.3 is 0 Å². The van der Waals surface area contributed by atoms with E-state index in [1.807, 2.05) is 6.92 Å². The summed E-state index contributed by atoms with van der Waals surface area (Å²) in [6, 6.07) is 6.17. The first kappa shape index (κ1) is 15.4. The van der Waals surface area contributed by atoms with Gasteiger partial charge in [-0.1, -0.05) is 23.7 Å². The van der Waals surface area contributed by atoms with E-state index < -0.39 is 0 Å². The third kappa shape index (κ3) is 3.62. The van der Waals surface area contributed by atoms with Gasteiger partial charge in [-0.25, -0.2) is 14.4 Å². The maximum Gasteiger partial charge on any atom is 0.247 e. The van der Waals surface area contributed by atoms with E-state index >= 15 is 0 Å². The third-order valence-electron chi connectivity index (χ3n) is 2.99. The standard InChI is InChI=1S/C15H13ClFN5O/c1-2-23-14-12-13(18-8-11(16)20-12)21-15(22-14)19-7-9-3-5-10(17)6-4-9/h3-6,8H,2,7H2,1H3,(H,18,19,21,22). The van der Waals surface area contributed by atoms with Gasteiger partial charge in [0.2, 0.25) is 11.8 Å². The van der Waals surface area contributed by atoms with Crippen LogP contribution in [0.1, 0.15) is 12.5 Å². The average molecular weight is 334 g/mol. The Bertz CT molecular complexity index is 828. The lowest BCUT2D eigenvalue weighted by Gasteiger charge is -2.09. The van der Waals surface area contributed by atoms with Gasteiger partial charge in [-0.05, 0) is 24.6 Å². The fraction of sp³-hybridized carbons (Fsp3) is 0.200. The number of halogens is 2. The summed E-state index contributed by atoms with van der Waals surface area (Å²) < 4.78 is 18.4. The van der Waals surface area contributed by atoms with Crippen molar-refractivity contribution in [3.63, 3.8) is 0 Å². The summed E-state index contributed by atoms with van der Waals surface area (Å²) in [7, 11) is 0. The number of ether oxygens (including phenoxy) is 1. The smallest absolute Gasteiger partial charge is 0.247 e. The molecule has 1 aromatic carbocycles. The molecule has 0 amide bonds. The van der Waals surface area contributed by atoms with E-state index in [1.165, 1.54) is 18.3 Å². The minimum absolute atomic E-state index is 0.245. The highest BCUT2D eigenvalue weighted by Gasteiger charge is 2.12. The van der Waals surface area contributed by atoms with Crippen LogP contribution in [-0.4, -0.2) is 26.5 Å². The molecule has 23 heavy (non-hydrogen) atoms. The molecule has 0 aliphatic rings. The molecule has 0 spiro atoms. The van der Waals surface area contributed by atoms with Crippen molar-refractivity contribution in [2.75, 3.05) is 11.9 Å². The van der Waals surface area contributed by atoms with Crippen molar-refractivity contribution >= 4 is 28.7 Å². The first-order valence-corrected chi connectivity index (χ1v) is 7.35. The first-order chi connectivity index (χ1) is 11.2. The number of hydrogen-bond acceptors (Lipinski definition) is 6. The van der Waals surface area contributed by atoms with Crippen LogP contribution in [0.5, 0.6) is 5.88 Å². The average Bonchev–Trinajstić information content (AvgIpc) is 2.55. The van der Waals surface area contributed by atoms with E-state index in [9.17, 15) is 4.39 Å². The Labute approximate surface area is 136 Å². The van der Waals surface area contributed by atoms with Crippen LogP contribution in [0.4, 0.5) is 10.3 Å². The molecule has 1 N–H and O–H groups in total. The molecule has 0 saturated heterocycles. The fourth-order valence-corrected chi connectivity index (χ4v) is 2.09. The maximum absolute atomic E-state index is 12.9. The minimum atomic E-state index is -0.276. The van der Waals surface area contributed by atoms with Gasteiger partial charge in [0.25, 0.3) is 0 Å². The van der Waals surface area contributed by atoms with E-state index in [0.29, 0.717) is 36.1 Å². The highest BCUT2D eigenvalue weighted by Crippen LogP contribution is 2.22. The van der Waals surface area contributed by atoms with Crippen LogP contribution in [0.15, 0.2) is 30.5 Å². The molecule has 3 rings (SSSR count). The summed E-state index contributed by atoms with van der Waals surface area (Å²) in [5.74, 6) is 0.387. The van der Waals surface area contributed by atoms with Crippen molar-refractivity contribution in [3.05, 3.63) is 47.0 Å². The SMILES string of the molecule is CCOc1nc(NCc2ccc(F)cc2)nc2ncc(Cl)nc12. The molecule has 2 aromatic heterocycles. The summed E-state index contributed by atoms with van der Waals surface area (Å²) in [5, 5.41) is 3.31. The Morgan fingerprint density at radius 2 is 1.96 bits per heavy atom. The molecule has 2 heterocycles. The van der Waals surface area contributed by atoms with Gasteiger partial charge in [-0.3, -0.25) is 0 Å². The minimum Gasteiger partial charge on any atom is -0.476 e. The molecule has 0 unspecified atom stereocenters. The lowest BCUT2D eigenvalue weighted by atomic mass is 10.2. The summed E-state index contributed by atoms with van der Waals surface area (Å²) in [6.45, 7) is 2.72. The summed E-state index contributed by atoms with van der Waals surface area (Å²) >= 11 is 5.85. The number of nitrogens with zero attached hydrogens (tertiary/aromatic N) is 4. The molecule has 0 aliphatic heterocycles. The zero-order valence-electron chi connectivity index (χ0n) is 12.3. The fourth-order valence-electron chi connectivity index (χ4n) is 1.96. The molecule has 6 nitrogen and oxygen atoms in total. The van der Waals surface area contributed by atoms with Crippen LogP contribution < -0.4 is 10.1 Å². The Morgan fingerprint density at radius 1 is 1.17 bits per heavy atom. The van der Waals surface area contributed by atoms with E-state index in [4.69, 9.17) is 16.3 Å². The summed E-state index contributed by atoms with van der Waals surface area (Å²) in [5.41, 5.74) is 1.69. The Balaban J connectivity index is 1.88. The Kier molecular flexibility index (Phi) is 4.47. The lowest BCUT2D eigenvalue weighted by Crippen LogP contribution is -2.07. The second-order valence-electron chi connectivity index (χ2n) is 4.63. The number of aromatic nitrogens is 4. The predicted octanol–water partition coefficient (Wildman–Crippen LogP) is 3.22. The molecule has 0 radical (unpaired) electrons. The van der Waals surface area contributed by atoms with Crippen molar-refractivity contribution in [1.82, 2.24) is 19.9 Å². The number of fused-ring (bicyclic) bond motifs is 1. The molecular weight excluding hydrogens is 321 g/mol.